The highest BCUT2D eigenvalue weighted by atomic mass is 32.1. The first kappa shape index (κ1) is 7.90. The molecular weight excluding hydrogens is 184 g/mol. The Hall–Kier alpha value is -1.73. The van der Waals surface area contributed by atoms with E-state index in [2.05, 4.69) is 5.18 Å². The number of thiophene rings is 1. The molecule has 4 heteroatoms. The first-order valence-corrected chi connectivity index (χ1v) is 4.43. The van der Waals surface area contributed by atoms with E-state index in [-0.39, 0.29) is 5.00 Å². The molecule has 1 heterocycles. The molecular formula is C9H4N2OS. The highest BCUT2D eigenvalue weighted by Gasteiger charge is 2.10. The van der Waals surface area contributed by atoms with Crippen LogP contribution in [-0.4, -0.2) is 0 Å². The van der Waals surface area contributed by atoms with Gasteiger partial charge < -0.3 is 0 Å². The first-order chi connectivity index (χ1) is 6.36. The van der Waals surface area contributed by atoms with Crippen molar-refractivity contribution in [2.45, 2.75) is 0 Å². The van der Waals surface area contributed by atoms with E-state index in [9.17, 15) is 4.91 Å². The summed E-state index contributed by atoms with van der Waals surface area (Å²) < 4.78 is 0.925. The van der Waals surface area contributed by atoms with Crippen LogP contribution in [0.3, 0.4) is 0 Å². The van der Waals surface area contributed by atoms with Gasteiger partial charge in [-0.05, 0) is 11.2 Å². The molecule has 0 N–H and O–H groups in total. The number of hydrogen-bond acceptors (Lipinski definition) is 4. The molecule has 0 saturated carbocycles. The fourth-order valence-electron chi connectivity index (χ4n) is 1.20. The van der Waals surface area contributed by atoms with Crippen molar-refractivity contribution < 1.29 is 0 Å². The van der Waals surface area contributed by atoms with Crippen LogP contribution < -0.4 is 0 Å². The van der Waals surface area contributed by atoms with Crippen LogP contribution >= 0.6 is 11.3 Å². The van der Waals surface area contributed by atoms with Gasteiger partial charge in [0, 0.05) is 10.1 Å². The third kappa shape index (κ3) is 1.10. The van der Waals surface area contributed by atoms with Gasteiger partial charge in [-0.25, -0.2) is 0 Å². The number of hydrogen-bond donors (Lipinski definition) is 0. The van der Waals surface area contributed by atoms with E-state index in [0.717, 1.165) is 10.1 Å². The van der Waals surface area contributed by atoms with Crippen molar-refractivity contribution >= 4 is 26.4 Å². The van der Waals surface area contributed by atoms with Crippen LogP contribution in [-0.2, 0) is 0 Å². The smallest absolute Gasteiger partial charge is 0.179 e. The van der Waals surface area contributed by atoms with Gasteiger partial charge in [0.15, 0.2) is 5.00 Å². The summed E-state index contributed by atoms with van der Waals surface area (Å²) in [6, 6.07) is 9.38. The number of fused-ring (bicyclic) bond motifs is 1. The number of nitrogens with zero attached hydrogens (tertiary/aromatic N) is 2. The van der Waals surface area contributed by atoms with Crippen LogP contribution in [0.25, 0.3) is 10.1 Å². The SMILES string of the molecule is N#Cc1c(N=O)sc2ccccc12. The fourth-order valence-corrected chi connectivity index (χ4v) is 2.13. The fraction of sp³-hybridized carbons (Fsp3) is 0. The molecule has 1 aromatic carbocycles. The van der Waals surface area contributed by atoms with E-state index in [0.29, 0.717) is 5.56 Å². The third-order valence-corrected chi connectivity index (χ3v) is 2.82. The van der Waals surface area contributed by atoms with Gasteiger partial charge >= 0.3 is 0 Å². The molecule has 0 unspecified atom stereocenters. The molecule has 1 aromatic heterocycles. The Morgan fingerprint density at radius 2 is 2.15 bits per heavy atom. The number of nitriles is 1. The second-order valence-electron chi connectivity index (χ2n) is 2.48. The zero-order valence-electron chi connectivity index (χ0n) is 6.52. The highest BCUT2D eigenvalue weighted by molar-refractivity contribution is 7.22. The van der Waals surface area contributed by atoms with Crippen LogP contribution in [0.4, 0.5) is 5.00 Å². The molecule has 13 heavy (non-hydrogen) atoms. The Morgan fingerprint density at radius 1 is 1.38 bits per heavy atom. The monoisotopic (exact) mass is 188 g/mol. The summed E-state index contributed by atoms with van der Waals surface area (Å²) in [7, 11) is 0. The van der Waals surface area contributed by atoms with E-state index in [1.807, 2.05) is 30.3 Å². The molecule has 0 atom stereocenters. The van der Waals surface area contributed by atoms with Crippen LogP contribution in [0.5, 0.6) is 0 Å². The Kier molecular flexibility index (Phi) is 1.80. The first-order valence-electron chi connectivity index (χ1n) is 3.62. The summed E-state index contributed by atoms with van der Waals surface area (Å²) in [6.07, 6.45) is 0. The van der Waals surface area contributed by atoms with Crippen LogP contribution in [0.15, 0.2) is 29.4 Å². The third-order valence-electron chi connectivity index (χ3n) is 1.77. The Balaban J connectivity index is 2.91. The molecule has 0 saturated heterocycles. The minimum Gasteiger partial charge on any atom is -0.192 e. The maximum atomic E-state index is 10.4. The quantitative estimate of drug-likeness (QED) is 0.645. The van der Waals surface area contributed by atoms with Gasteiger partial charge in [-0.15, -0.1) is 16.2 Å². The summed E-state index contributed by atoms with van der Waals surface area (Å²) >= 11 is 1.25. The van der Waals surface area contributed by atoms with E-state index < -0.39 is 0 Å². The van der Waals surface area contributed by atoms with Crippen molar-refractivity contribution in [1.29, 1.82) is 5.26 Å². The average molecular weight is 188 g/mol. The van der Waals surface area contributed by atoms with Crippen LogP contribution in [0.1, 0.15) is 5.56 Å². The van der Waals surface area contributed by atoms with Gasteiger partial charge in [0.2, 0.25) is 0 Å². The second-order valence-corrected chi connectivity index (χ2v) is 3.51. The minimum atomic E-state index is 0.267. The van der Waals surface area contributed by atoms with Crippen molar-refractivity contribution in [2.75, 3.05) is 0 Å². The number of nitroso groups, excluding NO2 is 1. The van der Waals surface area contributed by atoms with Crippen LogP contribution in [0, 0.1) is 16.2 Å². The van der Waals surface area contributed by atoms with E-state index >= 15 is 0 Å². The molecule has 0 amide bonds. The highest BCUT2D eigenvalue weighted by Crippen LogP contribution is 2.36. The molecule has 0 bridgehead atoms. The van der Waals surface area contributed by atoms with Gasteiger partial charge in [0.25, 0.3) is 0 Å². The summed E-state index contributed by atoms with van der Waals surface area (Å²) in [5.74, 6) is 0. The zero-order valence-corrected chi connectivity index (χ0v) is 7.34. The Bertz CT molecular complexity index is 510. The minimum absolute atomic E-state index is 0.267. The normalized spacial score (nSPS) is 9.77. The van der Waals surface area contributed by atoms with E-state index in [1.165, 1.54) is 11.3 Å². The van der Waals surface area contributed by atoms with Gasteiger partial charge in [-0.2, -0.15) is 5.26 Å². The lowest BCUT2D eigenvalue weighted by Gasteiger charge is -1.85. The topological polar surface area (TPSA) is 53.2 Å². The van der Waals surface area contributed by atoms with Crippen molar-refractivity contribution in [2.24, 2.45) is 5.18 Å². The molecule has 3 nitrogen and oxygen atoms in total. The molecule has 0 radical (unpaired) electrons. The van der Waals surface area contributed by atoms with Gasteiger partial charge in [0.1, 0.15) is 11.6 Å². The lowest BCUT2D eigenvalue weighted by molar-refractivity contribution is 1.49. The van der Waals surface area contributed by atoms with E-state index in [1.54, 1.807) is 0 Å². The van der Waals surface area contributed by atoms with E-state index in [4.69, 9.17) is 5.26 Å². The van der Waals surface area contributed by atoms with Gasteiger partial charge in [-0.3, -0.25) is 0 Å². The maximum Gasteiger partial charge on any atom is 0.179 e. The molecule has 2 aromatic rings. The molecule has 0 aliphatic carbocycles. The zero-order chi connectivity index (χ0) is 9.26. The summed E-state index contributed by atoms with van der Waals surface area (Å²) in [6.45, 7) is 0. The van der Waals surface area contributed by atoms with Crippen molar-refractivity contribution in [3.05, 3.63) is 34.7 Å². The van der Waals surface area contributed by atoms with Crippen molar-refractivity contribution in [3.8, 4) is 6.07 Å². The molecule has 0 fully saturated rings. The lowest BCUT2D eigenvalue weighted by atomic mass is 10.2. The molecule has 2 rings (SSSR count). The average Bonchev–Trinajstić information content (AvgIpc) is 2.55. The predicted octanol–water partition coefficient (Wildman–Crippen LogP) is 3.17. The largest absolute Gasteiger partial charge is 0.192 e. The predicted molar refractivity (Wildman–Crippen MR) is 52.0 cm³/mol. The molecule has 0 aliphatic heterocycles. The molecule has 0 spiro atoms. The lowest BCUT2D eigenvalue weighted by Crippen LogP contribution is -1.68. The molecule has 0 aliphatic rings. The summed E-state index contributed by atoms with van der Waals surface area (Å²) in [4.78, 5) is 10.4. The number of benzene rings is 1. The van der Waals surface area contributed by atoms with Crippen LogP contribution in [0.2, 0.25) is 0 Å². The maximum absolute atomic E-state index is 10.4. The standard InChI is InChI=1S/C9H4N2OS/c10-5-7-6-3-1-2-4-8(6)13-9(7)11-12/h1-4H. The second kappa shape index (κ2) is 2.96. The Labute approximate surface area is 78.2 Å². The Morgan fingerprint density at radius 3 is 2.85 bits per heavy atom. The summed E-state index contributed by atoms with van der Waals surface area (Å²) in [5, 5.41) is 12.7. The summed E-state index contributed by atoms with van der Waals surface area (Å²) in [5.41, 5.74) is 0.385. The van der Waals surface area contributed by atoms with Gasteiger partial charge in [-0.1, -0.05) is 18.2 Å². The van der Waals surface area contributed by atoms with Gasteiger partial charge in [0.05, 0.1) is 0 Å². The van der Waals surface area contributed by atoms with Crippen molar-refractivity contribution in [3.63, 3.8) is 0 Å². The molecule has 62 valence electrons. The van der Waals surface area contributed by atoms with Crippen molar-refractivity contribution in [1.82, 2.24) is 0 Å². The number of rotatable bonds is 1.